The number of amides is 1. The number of ketones is 1. The molecule has 1 amide bonds. The lowest BCUT2D eigenvalue weighted by Crippen LogP contribution is -2.50. The zero-order chi connectivity index (χ0) is 22.4. The fraction of sp³-hybridized carbons (Fsp3) is 0.400. The molecule has 1 saturated heterocycles. The van der Waals surface area contributed by atoms with E-state index >= 15 is 0 Å². The number of benzene rings is 2. The molecule has 0 unspecified atom stereocenters. The van der Waals surface area contributed by atoms with Crippen LogP contribution in [0.5, 0.6) is 0 Å². The van der Waals surface area contributed by atoms with Crippen molar-refractivity contribution in [1.82, 2.24) is 9.80 Å². The Morgan fingerprint density at radius 1 is 1.03 bits per heavy atom. The van der Waals surface area contributed by atoms with Crippen LogP contribution in [0.1, 0.15) is 42.9 Å². The van der Waals surface area contributed by atoms with Gasteiger partial charge in [0.1, 0.15) is 5.78 Å². The van der Waals surface area contributed by atoms with Gasteiger partial charge in [-0.05, 0) is 48.2 Å². The predicted octanol–water partition coefficient (Wildman–Crippen LogP) is 4.25. The van der Waals surface area contributed by atoms with E-state index in [0.29, 0.717) is 18.7 Å². The van der Waals surface area contributed by atoms with Crippen molar-refractivity contribution in [3.05, 3.63) is 70.2 Å². The van der Waals surface area contributed by atoms with Crippen molar-refractivity contribution < 1.29 is 9.59 Å². The number of hydrogen-bond donors (Lipinski definition) is 0. The molecule has 3 rings (SSSR count). The average Bonchev–Trinajstić information content (AvgIpc) is 2.78. The second-order valence-electron chi connectivity index (χ2n) is 8.26. The Bertz CT molecular complexity index is 942. The Labute approximate surface area is 189 Å². The van der Waals surface area contributed by atoms with E-state index in [9.17, 15) is 9.59 Å². The summed E-state index contributed by atoms with van der Waals surface area (Å²) in [5.41, 5.74) is 2.76. The number of carbonyl (C=O) groups is 2. The van der Waals surface area contributed by atoms with Gasteiger partial charge in [0, 0.05) is 44.2 Å². The Hall–Kier alpha value is -2.68. The van der Waals surface area contributed by atoms with Crippen molar-refractivity contribution in [3.63, 3.8) is 0 Å². The fourth-order valence-corrected chi connectivity index (χ4v) is 4.22. The number of halogens is 1. The molecule has 0 N–H and O–H groups in total. The van der Waals surface area contributed by atoms with Crippen molar-refractivity contribution in [2.24, 2.45) is 5.92 Å². The monoisotopic (exact) mass is 437 g/mol. The van der Waals surface area contributed by atoms with Gasteiger partial charge in [-0.2, -0.15) is 5.26 Å². The Kier molecular flexibility index (Phi) is 7.84. The van der Waals surface area contributed by atoms with Crippen LogP contribution in [0.15, 0.2) is 48.5 Å². The maximum atomic E-state index is 13.4. The third-order valence-electron chi connectivity index (χ3n) is 6.00. The lowest BCUT2D eigenvalue weighted by Gasteiger charge is -2.37. The highest BCUT2D eigenvalue weighted by Crippen LogP contribution is 2.29. The number of nitriles is 1. The topological polar surface area (TPSA) is 64.4 Å². The molecule has 1 heterocycles. The summed E-state index contributed by atoms with van der Waals surface area (Å²) in [7, 11) is 0. The first-order valence-electron chi connectivity index (χ1n) is 10.6. The number of Topliss-reactive ketones (excluding diaryl/α,β-unsaturated/α-hetero) is 1. The molecule has 162 valence electrons. The highest BCUT2D eigenvalue weighted by atomic mass is 35.5. The van der Waals surface area contributed by atoms with E-state index in [4.69, 9.17) is 16.9 Å². The van der Waals surface area contributed by atoms with Crippen LogP contribution in [0.3, 0.4) is 0 Å². The van der Waals surface area contributed by atoms with Gasteiger partial charge < -0.3 is 9.69 Å². The third-order valence-corrected chi connectivity index (χ3v) is 6.25. The molecule has 0 spiro atoms. The van der Waals surface area contributed by atoms with Gasteiger partial charge in [0.15, 0.2) is 0 Å². The maximum Gasteiger partial charge on any atom is 0.226 e. The number of nitrogens with zero attached hydrogens (tertiary/aromatic N) is 3. The average molecular weight is 438 g/mol. The summed E-state index contributed by atoms with van der Waals surface area (Å²) in [6.45, 7) is 7.26. The van der Waals surface area contributed by atoms with Gasteiger partial charge in [-0.15, -0.1) is 0 Å². The van der Waals surface area contributed by atoms with E-state index in [2.05, 4.69) is 11.0 Å². The van der Waals surface area contributed by atoms with E-state index < -0.39 is 5.92 Å². The molecule has 0 saturated carbocycles. The SMILES string of the molecule is CC(=O)C[C@H](C(=O)N1CCN(Cc2ccc(Cl)cc2)CC1)[C@H](C)c1ccc(C#N)cc1. The lowest BCUT2D eigenvalue weighted by molar-refractivity contribution is -0.140. The van der Waals surface area contributed by atoms with Gasteiger partial charge in [-0.1, -0.05) is 42.8 Å². The molecule has 1 aliphatic rings. The minimum Gasteiger partial charge on any atom is -0.340 e. The molecule has 1 fully saturated rings. The van der Waals surface area contributed by atoms with Crippen LogP contribution in [0, 0.1) is 17.2 Å². The smallest absolute Gasteiger partial charge is 0.226 e. The zero-order valence-corrected chi connectivity index (χ0v) is 18.8. The van der Waals surface area contributed by atoms with Crippen LogP contribution in [-0.4, -0.2) is 47.7 Å². The number of piperazine rings is 1. The molecule has 2 aromatic rings. The highest BCUT2D eigenvalue weighted by Gasteiger charge is 2.32. The standard InChI is InChI=1S/C25H28ClN3O2/c1-18(30)15-24(19(2)22-7-3-20(16-27)4-8-22)25(31)29-13-11-28(12-14-29)17-21-5-9-23(26)10-6-21/h3-10,19,24H,11-15,17H2,1-2H3/t19-,24+/m1/s1. The molecule has 6 heteroatoms. The molecule has 5 nitrogen and oxygen atoms in total. The van der Waals surface area contributed by atoms with Crippen molar-refractivity contribution in [2.75, 3.05) is 26.2 Å². The summed E-state index contributed by atoms with van der Waals surface area (Å²) < 4.78 is 0. The summed E-state index contributed by atoms with van der Waals surface area (Å²) >= 11 is 5.96. The van der Waals surface area contributed by atoms with Gasteiger partial charge in [0.05, 0.1) is 17.6 Å². The first-order chi connectivity index (χ1) is 14.9. The van der Waals surface area contributed by atoms with Gasteiger partial charge in [-0.25, -0.2) is 0 Å². The summed E-state index contributed by atoms with van der Waals surface area (Å²) in [5.74, 6) is -0.442. The first kappa shape index (κ1) is 23.0. The number of hydrogen-bond acceptors (Lipinski definition) is 4. The van der Waals surface area contributed by atoms with Crippen LogP contribution in [0.2, 0.25) is 5.02 Å². The predicted molar refractivity (Wildman–Crippen MR) is 122 cm³/mol. The van der Waals surface area contributed by atoms with Crippen molar-refractivity contribution >= 4 is 23.3 Å². The zero-order valence-electron chi connectivity index (χ0n) is 18.1. The molecule has 0 aliphatic carbocycles. The fourth-order valence-electron chi connectivity index (χ4n) is 4.09. The van der Waals surface area contributed by atoms with Crippen LogP contribution in [0.4, 0.5) is 0 Å². The Morgan fingerprint density at radius 3 is 2.19 bits per heavy atom. The molecule has 2 atom stereocenters. The van der Waals surface area contributed by atoms with Crippen LogP contribution < -0.4 is 0 Å². The molecule has 0 aromatic heterocycles. The summed E-state index contributed by atoms with van der Waals surface area (Å²) in [6.07, 6.45) is 0.227. The lowest BCUT2D eigenvalue weighted by atomic mass is 9.83. The third kappa shape index (κ3) is 6.16. The summed E-state index contributed by atoms with van der Waals surface area (Å²) in [6, 6.07) is 17.3. The minimum absolute atomic E-state index is 0.0141. The Morgan fingerprint density at radius 2 is 1.65 bits per heavy atom. The minimum atomic E-state index is -0.395. The molecular formula is C25H28ClN3O2. The quantitative estimate of drug-likeness (QED) is 0.649. The van der Waals surface area contributed by atoms with E-state index in [1.165, 1.54) is 12.5 Å². The van der Waals surface area contributed by atoms with Crippen LogP contribution >= 0.6 is 11.6 Å². The normalized spacial score (nSPS) is 16.4. The molecular weight excluding hydrogens is 410 g/mol. The molecule has 31 heavy (non-hydrogen) atoms. The van der Waals surface area contributed by atoms with Crippen molar-refractivity contribution in [2.45, 2.75) is 32.7 Å². The van der Waals surface area contributed by atoms with Crippen LogP contribution in [0.25, 0.3) is 0 Å². The van der Waals surface area contributed by atoms with E-state index in [0.717, 1.165) is 30.2 Å². The van der Waals surface area contributed by atoms with Crippen LogP contribution in [-0.2, 0) is 16.1 Å². The number of rotatable bonds is 7. The van der Waals surface area contributed by atoms with E-state index in [-0.39, 0.29) is 24.0 Å². The van der Waals surface area contributed by atoms with Gasteiger partial charge in [-0.3, -0.25) is 9.69 Å². The van der Waals surface area contributed by atoms with Gasteiger partial charge in [0.2, 0.25) is 5.91 Å². The summed E-state index contributed by atoms with van der Waals surface area (Å²) in [5, 5.41) is 9.74. The second-order valence-corrected chi connectivity index (χ2v) is 8.70. The molecule has 0 radical (unpaired) electrons. The molecule has 0 bridgehead atoms. The van der Waals surface area contributed by atoms with E-state index in [1.807, 2.05) is 48.2 Å². The van der Waals surface area contributed by atoms with E-state index in [1.54, 1.807) is 12.1 Å². The second kappa shape index (κ2) is 10.6. The molecule has 2 aromatic carbocycles. The van der Waals surface area contributed by atoms with Crippen molar-refractivity contribution in [3.8, 4) is 6.07 Å². The largest absolute Gasteiger partial charge is 0.340 e. The van der Waals surface area contributed by atoms with Crippen molar-refractivity contribution in [1.29, 1.82) is 5.26 Å². The summed E-state index contributed by atoms with van der Waals surface area (Å²) in [4.78, 5) is 29.5. The van der Waals surface area contributed by atoms with Gasteiger partial charge in [0.25, 0.3) is 0 Å². The highest BCUT2D eigenvalue weighted by molar-refractivity contribution is 6.30. The Balaban J connectivity index is 1.64. The molecule has 1 aliphatic heterocycles. The van der Waals surface area contributed by atoms with Gasteiger partial charge >= 0.3 is 0 Å². The first-order valence-corrected chi connectivity index (χ1v) is 11.0. The maximum absolute atomic E-state index is 13.4. The number of carbonyl (C=O) groups excluding carboxylic acids is 2.